The van der Waals surface area contributed by atoms with E-state index in [0.717, 1.165) is 19.4 Å². The van der Waals surface area contributed by atoms with Gasteiger partial charge in [-0.3, -0.25) is 0 Å². The molecule has 0 spiro atoms. The largest absolute Gasteiger partial charge is 0.386 e. The number of hydrogen-bond acceptors (Lipinski definition) is 2. The minimum Gasteiger partial charge on any atom is -0.386 e. The molecular weight excluding hydrogens is 145 g/mol. The van der Waals surface area contributed by atoms with Crippen LogP contribution in [0.3, 0.4) is 0 Å². The Morgan fingerprint density at radius 2 is 2.18 bits per heavy atom. The van der Waals surface area contributed by atoms with Crippen molar-refractivity contribution >= 4 is 0 Å². The Morgan fingerprint density at radius 3 is 2.73 bits per heavy atom. The zero-order valence-electron chi connectivity index (χ0n) is 6.52. The van der Waals surface area contributed by atoms with Crippen molar-refractivity contribution < 1.29 is 9.50 Å². The summed E-state index contributed by atoms with van der Waals surface area (Å²) in [5.74, 6) is 0.250. The molecule has 2 fully saturated rings. The molecule has 1 heterocycles. The van der Waals surface area contributed by atoms with Crippen molar-refractivity contribution in [3.8, 4) is 0 Å². The summed E-state index contributed by atoms with van der Waals surface area (Å²) in [6.07, 6.45) is 1.55. The van der Waals surface area contributed by atoms with Crippen LogP contribution >= 0.6 is 0 Å². The molecule has 0 aromatic heterocycles. The van der Waals surface area contributed by atoms with Crippen molar-refractivity contribution in [1.29, 1.82) is 0 Å². The van der Waals surface area contributed by atoms with Crippen molar-refractivity contribution in [3.63, 3.8) is 0 Å². The maximum absolute atomic E-state index is 13.2. The zero-order chi connectivity index (χ0) is 7.90. The van der Waals surface area contributed by atoms with Gasteiger partial charge in [0.15, 0.2) is 0 Å². The molecule has 0 amide bonds. The molecule has 2 N–H and O–H groups in total. The number of nitrogens with one attached hydrogen (secondary N) is 1. The normalized spacial score (nSPS) is 45.8. The lowest BCUT2D eigenvalue weighted by atomic mass is 9.86. The third-order valence-electron chi connectivity index (χ3n) is 2.85. The van der Waals surface area contributed by atoms with E-state index in [2.05, 4.69) is 5.32 Å². The number of alkyl halides is 1. The molecule has 2 atom stereocenters. The van der Waals surface area contributed by atoms with E-state index in [1.807, 2.05) is 0 Å². The second-order valence-electron chi connectivity index (χ2n) is 3.69. The summed E-state index contributed by atoms with van der Waals surface area (Å²) < 4.78 is 13.2. The van der Waals surface area contributed by atoms with Crippen molar-refractivity contribution in [2.75, 3.05) is 13.1 Å². The fourth-order valence-electron chi connectivity index (χ4n) is 1.89. The van der Waals surface area contributed by atoms with E-state index in [1.165, 1.54) is 0 Å². The van der Waals surface area contributed by atoms with Crippen molar-refractivity contribution in [2.45, 2.75) is 31.0 Å². The Bertz CT molecular complexity index is 160. The summed E-state index contributed by atoms with van der Waals surface area (Å²) in [4.78, 5) is 0. The number of rotatable bonds is 1. The molecule has 2 nitrogen and oxygen atoms in total. The molecule has 64 valence electrons. The average Bonchev–Trinajstić information content (AvgIpc) is 2.77. The molecule has 1 saturated heterocycles. The molecule has 1 aliphatic heterocycles. The quantitative estimate of drug-likeness (QED) is 0.582. The molecule has 0 aromatic rings. The average molecular weight is 159 g/mol. The number of halogens is 1. The maximum atomic E-state index is 13.2. The van der Waals surface area contributed by atoms with Gasteiger partial charge < -0.3 is 10.4 Å². The van der Waals surface area contributed by atoms with Gasteiger partial charge in [0.1, 0.15) is 11.8 Å². The van der Waals surface area contributed by atoms with Gasteiger partial charge in [-0.2, -0.15) is 0 Å². The molecule has 3 heteroatoms. The van der Waals surface area contributed by atoms with E-state index in [4.69, 9.17) is 0 Å². The van der Waals surface area contributed by atoms with Crippen molar-refractivity contribution in [1.82, 2.24) is 5.32 Å². The summed E-state index contributed by atoms with van der Waals surface area (Å²) >= 11 is 0. The van der Waals surface area contributed by atoms with Crippen LogP contribution in [0.5, 0.6) is 0 Å². The van der Waals surface area contributed by atoms with Gasteiger partial charge >= 0.3 is 0 Å². The van der Waals surface area contributed by atoms with Crippen LogP contribution in [-0.2, 0) is 0 Å². The first-order valence-corrected chi connectivity index (χ1v) is 4.30. The summed E-state index contributed by atoms with van der Waals surface area (Å²) in [6, 6.07) is 0. The molecule has 0 unspecified atom stereocenters. The first kappa shape index (κ1) is 7.50. The molecule has 11 heavy (non-hydrogen) atoms. The predicted molar refractivity (Wildman–Crippen MR) is 40.1 cm³/mol. The lowest BCUT2D eigenvalue weighted by Crippen LogP contribution is -2.53. The Hall–Kier alpha value is -0.150. The minimum absolute atomic E-state index is 0.250. The topological polar surface area (TPSA) is 32.3 Å². The van der Waals surface area contributed by atoms with Gasteiger partial charge in [0, 0.05) is 6.54 Å². The summed E-state index contributed by atoms with van der Waals surface area (Å²) in [5.41, 5.74) is -0.981. The highest BCUT2D eigenvalue weighted by atomic mass is 19.1. The maximum Gasteiger partial charge on any atom is 0.141 e. The highest BCUT2D eigenvalue weighted by Crippen LogP contribution is 2.44. The Balaban J connectivity index is 2.06. The molecule has 0 bridgehead atoms. The van der Waals surface area contributed by atoms with E-state index in [0.29, 0.717) is 13.0 Å². The Kier molecular flexibility index (Phi) is 1.65. The van der Waals surface area contributed by atoms with Crippen LogP contribution in [0.25, 0.3) is 0 Å². The van der Waals surface area contributed by atoms with Gasteiger partial charge in [-0.05, 0) is 31.7 Å². The van der Waals surface area contributed by atoms with Crippen LogP contribution in [0.2, 0.25) is 0 Å². The molecule has 0 aromatic carbocycles. The van der Waals surface area contributed by atoms with Crippen LogP contribution in [0.4, 0.5) is 4.39 Å². The first-order valence-electron chi connectivity index (χ1n) is 4.30. The zero-order valence-corrected chi connectivity index (χ0v) is 6.52. The van der Waals surface area contributed by atoms with Crippen molar-refractivity contribution in [2.24, 2.45) is 5.92 Å². The van der Waals surface area contributed by atoms with E-state index >= 15 is 0 Å². The minimum atomic E-state index is -1.05. The lowest BCUT2D eigenvalue weighted by molar-refractivity contribution is -0.0722. The molecule has 2 aliphatic rings. The van der Waals surface area contributed by atoms with E-state index in [1.54, 1.807) is 0 Å². The van der Waals surface area contributed by atoms with Gasteiger partial charge in [0.2, 0.25) is 0 Å². The second kappa shape index (κ2) is 2.42. The third-order valence-corrected chi connectivity index (χ3v) is 2.85. The number of aliphatic hydroxyl groups is 1. The second-order valence-corrected chi connectivity index (χ2v) is 3.69. The monoisotopic (exact) mass is 159 g/mol. The van der Waals surface area contributed by atoms with Crippen molar-refractivity contribution in [3.05, 3.63) is 0 Å². The van der Waals surface area contributed by atoms with Crippen LogP contribution in [0.1, 0.15) is 19.3 Å². The summed E-state index contributed by atoms with van der Waals surface area (Å²) in [6.45, 7) is 1.08. The number of hydrogen-bond donors (Lipinski definition) is 2. The van der Waals surface area contributed by atoms with Gasteiger partial charge in [0.25, 0.3) is 0 Å². The van der Waals surface area contributed by atoms with E-state index in [9.17, 15) is 9.50 Å². The van der Waals surface area contributed by atoms with Crippen LogP contribution in [0.15, 0.2) is 0 Å². The standard InChI is InChI=1S/C8H14FNO/c9-7-5-10-4-3-8(7,11)6-1-2-6/h6-7,10-11H,1-5H2/t7-,8-/m1/s1. The molecule has 2 rings (SSSR count). The van der Waals surface area contributed by atoms with Gasteiger partial charge in [-0.1, -0.05) is 0 Å². The SMILES string of the molecule is O[C@@]1(C2CC2)CCNC[C@H]1F. The predicted octanol–water partition coefficient (Wildman–Crippen LogP) is 0.459. The fraction of sp³-hybridized carbons (Fsp3) is 1.00. The van der Waals surface area contributed by atoms with Gasteiger partial charge in [-0.15, -0.1) is 0 Å². The summed E-state index contributed by atoms with van der Waals surface area (Å²) in [7, 11) is 0. The third kappa shape index (κ3) is 1.16. The lowest BCUT2D eigenvalue weighted by Gasteiger charge is -2.36. The fourth-order valence-corrected chi connectivity index (χ4v) is 1.89. The Labute approximate surface area is 65.8 Å². The van der Waals surface area contributed by atoms with Gasteiger partial charge in [0.05, 0.1) is 0 Å². The molecule has 1 aliphatic carbocycles. The number of piperidine rings is 1. The Morgan fingerprint density at radius 1 is 1.45 bits per heavy atom. The first-order chi connectivity index (χ1) is 5.23. The van der Waals surface area contributed by atoms with Gasteiger partial charge in [-0.25, -0.2) is 4.39 Å². The molecule has 1 saturated carbocycles. The van der Waals surface area contributed by atoms with E-state index < -0.39 is 11.8 Å². The van der Waals surface area contributed by atoms with E-state index in [-0.39, 0.29) is 5.92 Å². The summed E-state index contributed by atoms with van der Waals surface area (Å²) in [5, 5.41) is 12.8. The highest BCUT2D eigenvalue weighted by molar-refractivity contribution is 5.02. The van der Waals surface area contributed by atoms with Crippen LogP contribution < -0.4 is 5.32 Å². The molecule has 0 radical (unpaired) electrons. The highest BCUT2D eigenvalue weighted by Gasteiger charge is 2.50. The smallest absolute Gasteiger partial charge is 0.141 e. The van der Waals surface area contributed by atoms with Crippen LogP contribution in [0, 0.1) is 5.92 Å². The van der Waals surface area contributed by atoms with Crippen LogP contribution in [-0.4, -0.2) is 30.0 Å². The molecular formula is C8H14FNO.